The van der Waals surface area contributed by atoms with E-state index in [4.69, 9.17) is 0 Å². The zero-order valence-electron chi connectivity index (χ0n) is 11.8. The van der Waals surface area contributed by atoms with Crippen LogP contribution in [-0.4, -0.2) is 24.7 Å². The van der Waals surface area contributed by atoms with Crippen LogP contribution in [0.5, 0.6) is 0 Å². The van der Waals surface area contributed by atoms with E-state index in [9.17, 15) is 9.65 Å². The van der Waals surface area contributed by atoms with Crippen LogP contribution in [0.15, 0.2) is 18.2 Å². The Morgan fingerprint density at radius 3 is 2.65 bits per heavy atom. The topological polar surface area (TPSA) is 39.1 Å². The van der Waals surface area contributed by atoms with Crippen LogP contribution in [0.3, 0.4) is 0 Å². The maximum absolute atomic E-state index is 13.8. The number of hydrogen-bond acceptors (Lipinski definition) is 3. The maximum Gasteiger partial charge on any atom is 0.143 e. The molecule has 0 amide bonds. The normalized spacial score (nSPS) is 28.1. The standard InChI is InChI=1S/C16H20FN3/c1-2-20(13-8-11-6-7-12(9-13)19-11)16-5-3-4-15(17)14(16)10-18/h3-5,11-13,19H,2,6-9H2,1H3. The highest BCUT2D eigenvalue weighted by Gasteiger charge is 2.36. The molecule has 2 heterocycles. The molecular weight excluding hydrogens is 253 g/mol. The van der Waals surface area contributed by atoms with Crippen LogP contribution in [-0.2, 0) is 0 Å². The third-order valence-electron chi connectivity index (χ3n) is 4.64. The molecule has 0 radical (unpaired) electrons. The molecule has 4 heteroatoms. The van der Waals surface area contributed by atoms with Crippen LogP contribution >= 0.6 is 0 Å². The number of anilines is 1. The van der Waals surface area contributed by atoms with Crippen LogP contribution in [0.25, 0.3) is 0 Å². The van der Waals surface area contributed by atoms with Crippen molar-refractivity contribution < 1.29 is 4.39 Å². The summed E-state index contributed by atoms with van der Waals surface area (Å²) in [6.45, 7) is 2.89. The van der Waals surface area contributed by atoms with Gasteiger partial charge in [0.2, 0.25) is 0 Å². The van der Waals surface area contributed by atoms with Gasteiger partial charge in [-0.2, -0.15) is 5.26 Å². The van der Waals surface area contributed by atoms with Crippen molar-refractivity contribution in [3.63, 3.8) is 0 Å². The molecule has 0 saturated carbocycles. The van der Waals surface area contributed by atoms with Gasteiger partial charge in [0.25, 0.3) is 0 Å². The molecule has 1 aromatic rings. The van der Waals surface area contributed by atoms with Gasteiger partial charge in [-0.15, -0.1) is 0 Å². The summed E-state index contributed by atoms with van der Waals surface area (Å²) in [6, 6.07) is 8.54. The van der Waals surface area contributed by atoms with Crippen LogP contribution in [0, 0.1) is 17.1 Å². The minimum atomic E-state index is -0.416. The largest absolute Gasteiger partial charge is 0.368 e. The number of rotatable bonds is 3. The predicted molar refractivity (Wildman–Crippen MR) is 77.1 cm³/mol. The fourth-order valence-corrected chi connectivity index (χ4v) is 3.77. The molecule has 2 aliphatic heterocycles. The lowest BCUT2D eigenvalue weighted by atomic mass is 9.97. The summed E-state index contributed by atoms with van der Waals surface area (Å²) >= 11 is 0. The van der Waals surface area contributed by atoms with E-state index < -0.39 is 5.82 Å². The van der Waals surface area contributed by atoms with Crippen LogP contribution in [0.2, 0.25) is 0 Å². The fraction of sp³-hybridized carbons (Fsp3) is 0.562. The summed E-state index contributed by atoms with van der Waals surface area (Å²) in [5.74, 6) is -0.416. The number of nitrogens with one attached hydrogen (secondary N) is 1. The van der Waals surface area contributed by atoms with Crippen molar-refractivity contribution in [2.75, 3.05) is 11.4 Å². The molecule has 106 valence electrons. The number of nitriles is 1. The molecule has 3 rings (SSSR count). The molecule has 2 saturated heterocycles. The van der Waals surface area contributed by atoms with Gasteiger partial charge in [-0.05, 0) is 44.7 Å². The number of nitrogens with zero attached hydrogens (tertiary/aromatic N) is 2. The summed E-state index contributed by atoms with van der Waals surface area (Å²) in [7, 11) is 0. The smallest absolute Gasteiger partial charge is 0.143 e. The molecule has 0 aliphatic carbocycles. The van der Waals surface area contributed by atoms with Crippen molar-refractivity contribution >= 4 is 5.69 Å². The first kappa shape index (κ1) is 13.4. The Bertz CT molecular complexity index is 525. The number of fused-ring (bicyclic) bond motifs is 2. The number of benzene rings is 1. The SMILES string of the molecule is CCN(c1cccc(F)c1C#N)C1CC2CCC(C1)N2. The van der Waals surface area contributed by atoms with Gasteiger partial charge in [0.15, 0.2) is 0 Å². The minimum absolute atomic E-state index is 0.181. The quantitative estimate of drug-likeness (QED) is 0.920. The molecule has 3 nitrogen and oxygen atoms in total. The number of hydrogen-bond donors (Lipinski definition) is 1. The van der Waals surface area contributed by atoms with Crippen molar-refractivity contribution in [1.82, 2.24) is 5.32 Å². The molecule has 20 heavy (non-hydrogen) atoms. The van der Waals surface area contributed by atoms with E-state index in [1.165, 1.54) is 18.9 Å². The third-order valence-corrected chi connectivity index (χ3v) is 4.64. The summed E-state index contributed by atoms with van der Waals surface area (Å²) < 4.78 is 13.8. The lowest BCUT2D eigenvalue weighted by Gasteiger charge is -2.39. The first-order valence-corrected chi connectivity index (χ1v) is 7.44. The van der Waals surface area contributed by atoms with Crippen LogP contribution in [0.1, 0.15) is 38.2 Å². The zero-order valence-corrected chi connectivity index (χ0v) is 11.8. The van der Waals surface area contributed by atoms with Crippen molar-refractivity contribution in [3.8, 4) is 6.07 Å². The van der Waals surface area contributed by atoms with E-state index in [1.54, 1.807) is 6.07 Å². The van der Waals surface area contributed by atoms with Crippen molar-refractivity contribution in [1.29, 1.82) is 5.26 Å². The average molecular weight is 273 g/mol. The zero-order chi connectivity index (χ0) is 14.1. The van der Waals surface area contributed by atoms with E-state index >= 15 is 0 Å². The van der Waals surface area contributed by atoms with Crippen LogP contribution < -0.4 is 10.2 Å². The average Bonchev–Trinajstić information content (AvgIpc) is 2.79. The molecule has 2 fully saturated rings. The van der Waals surface area contributed by atoms with E-state index in [-0.39, 0.29) is 5.56 Å². The van der Waals surface area contributed by atoms with Crippen molar-refractivity contribution in [2.24, 2.45) is 0 Å². The Morgan fingerprint density at radius 1 is 1.35 bits per heavy atom. The Labute approximate surface area is 119 Å². The Balaban J connectivity index is 1.91. The molecule has 1 aromatic carbocycles. The molecule has 1 N–H and O–H groups in total. The van der Waals surface area contributed by atoms with Gasteiger partial charge in [-0.25, -0.2) is 4.39 Å². The lowest BCUT2D eigenvalue weighted by Crippen LogP contribution is -2.48. The second-order valence-electron chi connectivity index (χ2n) is 5.79. The summed E-state index contributed by atoms with van der Waals surface area (Å²) in [4.78, 5) is 2.22. The van der Waals surface area contributed by atoms with E-state index in [1.807, 2.05) is 12.1 Å². The van der Waals surface area contributed by atoms with Gasteiger partial charge in [0, 0.05) is 24.7 Å². The maximum atomic E-state index is 13.8. The third kappa shape index (κ3) is 2.27. The van der Waals surface area contributed by atoms with Crippen molar-refractivity contribution in [3.05, 3.63) is 29.6 Å². The summed E-state index contributed by atoms with van der Waals surface area (Å²) in [5, 5.41) is 12.9. The van der Waals surface area contributed by atoms with Gasteiger partial charge >= 0.3 is 0 Å². The van der Waals surface area contributed by atoms with E-state index in [0.717, 1.165) is 25.1 Å². The molecule has 2 atom stereocenters. The summed E-state index contributed by atoms with van der Waals surface area (Å²) in [6.07, 6.45) is 4.66. The summed E-state index contributed by atoms with van der Waals surface area (Å²) in [5.41, 5.74) is 0.932. The first-order chi connectivity index (χ1) is 9.72. The number of piperidine rings is 1. The molecule has 0 spiro atoms. The van der Waals surface area contributed by atoms with E-state index in [2.05, 4.69) is 17.1 Å². The molecule has 2 aliphatic rings. The number of halogens is 1. The molecule has 2 unspecified atom stereocenters. The second kappa shape index (κ2) is 5.41. The molecular formula is C16H20FN3. The lowest BCUT2D eigenvalue weighted by molar-refractivity contribution is 0.349. The van der Waals surface area contributed by atoms with Crippen molar-refractivity contribution in [2.45, 2.75) is 50.7 Å². The van der Waals surface area contributed by atoms with E-state index in [0.29, 0.717) is 18.1 Å². The van der Waals surface area contributed by atoms with Gasteiger partial charge in [-0.1, -0.05) is 6.07 Å². The molecule has 2 bridgehead atoms. The van der Waals surface area contributed by atoms with Gasteiger partial charge in [0.1, 0.15) is 17.4 Å². The Kier molecular flexibility index (Phi) is 3.62. The molecule has 0 aromatic heterocycles. The monoisotopic (exact) mass is 273 g/mol. The Hall–Kier alpha value is -1.60. The second-order valence-corrected chi connectivity index (χ2v) is 5.79. The minimum Gasteiger partial charge on any atom is -0.368 e. The Morgan fingerprint density at radius 2 is 2.05 bits per heavy atom. The first-order valence-electron chi connectivity index (χ1n) is 7.44. The fourth-order valence-electron chi connectivity index (χ4n) is 3.77. The predicted octanol–water partition coefficient (Wildman–Crippen LogP) is 2.81. The van der Waals surface area contributed by atoms with Crippen LogP contribution in [0.4, 0.5) is 10.1 Å². The highest BCUT2D eigenvalue weighted by molar-refractivity contribution is 5.60. The van der Waals surface area contributed by atoms with Gasteiger partial charge in [-0.3, -0.25) is 0 Å². The highest BCUT2D eigenvalue weighted by atomic mass is 19.1. The van der Waals surface area contributed by atoms with Gasteiger partial charge in [0.05, 0.1) is 5.69 Å². The highest BCUT2D eigenvalue weighted by Crippen LogP contribution is 2.33. The van der Waals surface area contributed by atoms with Gasteiger partial charge < -0.3 is 10.2 Å².